The molecule has 0 amide bonds. The standard InChI is InChI=1S/C23H25N5O3S/c1-16(2)19-14-25-28-21(19)26-23(32(3,29)30)27-22(28)24-13-18-11-7-8-12-20(18)31-15-17-9-5-4-6-10-17/h4-12,14,16H,13,15H2,1-3H3,(H,24,26,27). The molecule has 8 nitrogen and oxygen atoms in total. The molecule has 0 aliphatic rings. The molecule has 166 valence electrons. The van der Waals surface area contributed by atoms with Crippen molar-refractivity contribution < 1.29 is 13.2 Å². The van der Waals surface area contributed by atoms with Crippen molar-refractivity contribution in [2.24, 2.45) is 0 Å². The van der Waals surface area contributed by atoms with Crippen molar-refractivity contribution >= 4 is 21.4 Å². The van der Waals surface area contributed by atoms with Gasteiger partial charge in [0.15, 0.2) is 5.65 Å². The zero-order valence-electron chi connectivity index (χ0n) is 18.2. The van der Waals surface area contributed by atoms with Crippen LogP contribution in [0, 0.1) is 0 Å². The summed E-state index contributed by atoms with van der Waals surface area (Å²) in [5, 5.41) is 7.36. The summed E-state index contributed by atoms with van der Waals surface area (Å²) in [6.07, 6.45) is 2.80. The quantitative estimate of drug-likeness (QED) is 0.434. The number of aromatic nitrogens is 4. The van der Waals surface area contributed by atoms with Gasteiger partial charge in [-0.2, -0.15) is 19.6 Å². The first-order valence-corrected chi connectivity index (χ1v) is 12.2. The Morgan fingerprint density at radius 1 is 1.03 bits per heavy atom. The Balaban J connectivity index is 1.62. The SMILES string of the molecule is CC(C)c1cnn2c(NCc3ccccc3OCc3ccccc3)nc(S(C)(=O)=O)nc12. The molecular formula is C23H25N5O3S. The van der Waals surface area contributed by atoms with Crippen molar-refractivity contribution in [3.05, 3.63) is 77.5 Å². The number of sulfone groups is 1. The molecule has 0 aliphatic carbocycles. The highest BCUT2D eigenvalue weighted by Gasteiger charge is 2.20. The smallest absolute Gasteiger partial charge is 0.252 e. The van der Waals surface area contributed by atoms with E-state index in [-0.39, 0.29) is 11.1 Å². The number of para-hydroxylation sites is 1. The molecule has 0 fully saturated rings. The third-order valence-corrected chi connectivity index (χ3v) is 5.82. The van der Waals surface area contributed by atoms with Crippen molar-refractivity contribution in [2.75, 3.05) is 11.6 Å². The van der Waals surface area contributed by atoms with Crippen molar-refractivity contribution in [1.29, 1.82) is 0 Å². The van der Waals surface area contributed by atoms with Crippen LogP contribution in [0.15, 0.2) is 66.0 Å². The molecule has 0 aliphatic heterocycles. The van der Waals surface area contributed by atoms with E-state index in [1.807, 2.05) is 68.4 Å². The number of ether oxygens (including phenoxy) is 1. The van der Waals surface area contributed by atoms with E-state index < -0.39 is 9.84 Å². The number of nitrogens with one attached hydrogen (secondary N) is 1. The Hall–Kier alpha value is -3.46. The number of fused-ring (bicyclic) bond motifs is 1. The highest BCUT2D eigenvalue weighted by molar-refractivity contribution is 7.90. The van der Waals surface area contributed by atoms with Crippen molar-refractivity contribution in [3.63, 3.8) is 0 Å². The first-order valence-electron chi connectivity index (χ1n) is 10.3. The van der Waals surface area contributed by atoms with E-state index >= 15 is 0 Å². The third-order valence-electron chi connectivity index (χ3n) is 4.98. The van der Waals surface area contributed by atoms with Gasteiger partial charge in [-0.15, -0.1) is 0 Å². The molecule has 0 spiro atoms. The van der Waals surface area contributed by atoms with E-state index in [0.717, 1.165) is 28.7 Å². The van der Waals surface area contributed by atoms with Gasteiger partial charge in [-0.3, -0.25) is 0 Å². The first kappa shape index (κ1) is 21.8. The van der Waals surface area contributed by atoms with Crippen LogP contribution in [0.5, 0.6) is 5.75 Å². The van der Waals surface area contributed by atoms with Gasteiger partial charge in [0, 0.05) is 23.9 Å². The Morgan fingerprint density at radius 3 is 2.47 bits per heavy atom. The van der Waals surface area contributed by atoms with Crippen LogP contribution in [0.25, 0.3) is 5.65 Å². The van der Waals surface area contributed by atoms with E-state index in [2.05, 4.69) is 20.4 Å². The van der Waals surface area contributed by atoms with E-state index in [0.29, 0.717) is 24.7 Å². The van der Waals surface area contributed by atoms with Crippen LogP contribution in [0.1, 0.15) is 36.5 Å². The summed E-state index contributed by atoms with van der Waals surface area (Å²) in [5.41, 5.74) is 3.31. The molecule has 1 N–H and O–H groups in total. The molecule has 0 saturated carbocycles. The largest absolute Gasteiger partial charge is 0.489 e. The Bertz CT molecular complexity index is 1330. The molecule has 2 heterocycles. The minimum atomic E-state index is -3.60. The van der Waals surface area contributed by atoms with Crippen LogP contribution < -0.4 is 10.1 Å². The van der Waals surface area contributed by atoms with Crippen LogP contribution >= 0.6 is 0 Å². The number of nitrogens with zero attached hydrogens (tertiary/aromatic N) is 4. The molecular weight excluding hydrogens is 426 g/mol. The topological polar surface area (TPSA) is 98.5 Å². The van der Waals surface area contributed by atoms with Gasteiger partial charge in [0.25, 0.3) is 5.16 Å². The summed E-state index contributed by atoms with van der Waals surface area (Å²) in [4.78, 5) is 8.49. The molecule has 4 aromatic rings. The van der Waals surface area contributed by atoms with E-state index in [1.54, 1.807) is 6.20 Å². The van der Waals surface area contributed by atoms with Gasteiger partial charge in [-0.1, -0.05) is 62.4 Å². The Labute approximate surface area is 187 Å². The predicted octanol–water partition coefficient (Wildman–Crippen LogP) is 3.84. The summed E-state index contributed by atoms with van der Waals surface area (Å²) in [7, 11) is -3.60. The lowest BCUT2D eigenvalue weighted by Gasteiger charge is -2.13. The highest BCUT2D eigenvalue weighted by Crippen LogP contribution is 2.24. The maximum Gasteiger partial charge on any atom is 0.252 e. The van der Waals surface area contributed by atoms with Gasteiger partial charge < -0.3 is 10.1 Å². The molecule has 0 saturated heterocycles. The van der Waals surface area contributed by atoms with Gasteiger partial charge in [0.05, 0.1) is 6.20 Å². The van der Waals surface area contributed by atoms with Gasteiger partial charge >= 0.3 is 0 Å². The maximum atomic E-state index is 12.2. The molecule has 0 unspecified atom stereocenters. The summed E-state index contributed by atoms with van der Waals surface area (Å²) in [6, 6.07) is 17.6. The summed E-state index contributed by atoms with van der Waals surface area (Å²) < 4.78 is 31.9. The predicted molar refractivity (Wildman–Crippen MR) is 123 cm³/mol. The van der Waals surface area contributed by atoms with Gasteiger partial charge in [-0.25, -0.2) is 8.42 Å². The van der Waals surface area contributed by atoms with Gasteiger partial charge in [-0.05, 0) is 17.5 Å². The normalized spacial score (nSPS) is 11.8. The molecule has 0 radical (unpaired) electrons. The molecule has 0 atom stereocenters. The van der Waals surface area contributed by atoms with Crippen LogP contribution in [0.3, 0.4) is 0 Å². The monoisotopic (exact) mass is 451 g/mol. The van der Waals surface area contributed by atoms with Crippen LogP contribution in [0.2, 0.25) is 0 Å². The van der Waals surface area contributed by atoms with Crippen LogP contribution in [0.4, 0.5) is 5.95 Å². The lowest BCUT2D eigenvalue weighted by molar-refractivity contribution is 0.303. The number of rotatable bonds is 8. The molecule has 9 heteroatoms. The lowest BCUT2D eigenvalue weighted by Crippen LogP contribution is -2.14. The molecule has 32 heavy (non-hydrogen) atoms. The minimum absolute atomic E-state index is 0.134. The van der Waals surface area contributed by atoms with Crippen molar-refractivity contribution in [1.82, 2.24) is 19.6 Å². The fraction of sp³-hybridized carbons (Fsp3) is 0.261. The molecule has 2 aromatic heterocycles. The second kappa shape index (κ2) is 8.96. The maximum absolute atomic E-state index is 12.2. The fourth-order valence-corrected chi connectivity index (χ4v) is 3.77. The number of hydrogen-bond donors (Lipinski definition) is 1. The summed E-state index contributed by atoms with van der Waals surface area (Å²) in [6.45, 7) is 4.83. The van der Waals surface area contributed by atoms with E-state index in [4.69, 9.17) is 4.74 Å². The number of anilines is 1. The van der Waals surface area contributed by atoms with E-state index in [9.17, 15) is 8.42 Å². The minimum Gasteiger partial charge on any atom is -0.489 e. The lowest BCUT2D eigenvalue weighted by atomic mass is 10.1. The first-order chi connectivity index (χ1) is 15.3. The second-order valence-corrected chi connectivity index (χ2v) is 9.74. The summed E-state index contributed by atoms with van der Waals surface area (Å²) in [5.74, 6) is 1.18. The average molecular weight is 452 g/mol. The third kappa shape index (κ3) is 4.72. The van der Waals surface area contributed by atoms with E-state index in [1.165, 1.54) is 4.52 Å². The highest BCUT2D eigenvalue weighted by atomic mass is 32.2. The molecule has 2 aromatic carbocycles. The Kier molecular flexibility index (Phi) is 6.09. The molecule has 4 rings (SSSR count). The number of hydrogen-bond acceptors (Lipinski definition) is 7. The fourth-order valence-electron chi connectivity index (χ4n) is 3.26. The molecule has 0 bridgehead atoms. The number of benzene rings is 2. The average Bonchev–Trinajstić information content (AvgIpc) is 3.21. The van der Waals surface area contributed by atoms with Gasteiger partial charge in [0.1, 0.15) is 12.4 Å². The second-order valence-electron chi connectivity index (χ2n) is 7.83. The van der Waals surface area contributed by atoms with Gasteiger partial charge in [0.2, 0.25) is 15.8 Å². The van der Waals surface area contributed by atoms with Crippen molar-refractivity contribution in [3.8, 4) is 5.75 Å². The summed E-state index contributed by atoms with van der Waals surface area (Å²) >= 11 is 0. The van der Waals surface area contributed by atoms with Crippen LogP contribution in [-0.4, -0.2) is 34.3 Å². The zero-order chi connectivity index (χ0) is 22.7. The van der Waals surface area contributed by atoms with Crippen LogP contribution in [-0.2, 0) is 23.0 Å². The zero-order valence-corrected chi connectivity index (χ0v) is 19.0. The van der Waals surface area contributed by atoms with Crippen molar-refractivity contribution in [2.45, 2.75) is 38.1 Å². The Morgan fingerprint density at radius 2 is 1.75 bits per heavy atom.